The van der Waals surface area contributed by atoms with Crippen molar-refractivity contribution in [3.05, 3.63) is 160 Å². The molecule has 0 aromatic carbocycles. The maximum Gasteiger partial charge on any atom is 0.127 e. The monoisotopic (exact) mass is 708 g/mol. The quantitative estimate of drug-likeness (QED) is 0.115. The van der Waals surface area contributed by atoms with E-state index >= 15 is 0 Å². The average Bonchev–Trinajstić information content (AvgIpc) is 3.24. The first kappa shape index (κ1) is 35.2. The highest BCUT2D eigenvalue weighted by Crippen LogP contribution is 2.47. The van der Waals surface area contributed by atoms with Crippen molar-refractivity contribution in [2.45, 2.75) is 56.7 Å². The highest BCUT2D eigenvalue weighted by molar-refractivity contribution is 5.49. The van der Waals surface area contributed by atoms with Crippen LogP contribution in [0.2, 0.25) is 0 Å². The van der Waals surface area contributed by atoms with E-state index in [1.54, 1.807) is 36.8 Å². The molecule has 6 aromatic rings. The van der Waals surface area contributed by atoms with E-state index in [0.717, 1.165) is 34.2 Å². The fourth-order valence-electron chi connectivity index (χ4n) is 6.84. The predicted octanol–water partition coefficient (Wildman–Crippen LogP) is 7.34. The molecule has 0 unspecified atom stereocenters. The summed E-state index contributed by atoms with van der Waals surface area (Å²) in [6.45, 7) is 1.36. The summed E-state index contributed by atoms with van der Waals surface area (Å²) in [7, 11) is 0. The average molecular weight is 709 g/mol. The van der Waals surface area contributed by atoms with E-state index in [0.29, 0.717) is 73.0 Å². The van der Waals surface area contributed by atoms with Crippen LogP contribution >= 0.6 is 0 Å². The van der Waals surface area contributed by atoms with Gasteiger partial charge in [-0.25, -0.2) is 15.0 Å². The van der Waals surface area contributed by atoms with Crippen molar-refractivity contribution in [1.82, 2.24) is 29.9 Å². The Labute approximate surface area is 313 Å². The van der Waals surface area contributed by atoms with Crippen molar-refractivity contribution >= 4 is 17.5 Å². The molecule has 54 heavy (non-hydrogen) atoms. The van der Waals surface area contributed by atoms with Gasteiger partial charge in [0.05, 0.1) is 71.6 Å². The molecule has 0 spiro atoms. The second-order valence-corrected chi connectivity index (χ2v) is 13.2. The van der Waals surface area contributed by atoms with Gasteiger partial charge in [-0.05, 0) is 92.1 Å². The first-order valence-corrected chi connectivity index (χ1v) is 17.7. The highest BCUT2D eigenvalue weighted by atomic mass is 15.0. The van der Waals surface area contributed by atoms with Crippen molar-refractivity contribution in [1.29, 1.82) is 15.8 Å². The molecule has 0 aliphatic heterocycles. The van der Waals surface area contributed by atoms with Crippen molar-refractivity contribution in [2.75, 3.05) is 16.0 Å². The van der Waals surface area contributed by atoms with E-state index in [4.69, 9.17) is 15.0 Å². The van der Waals surface area contributed by atoms with Gasteiger partial charge in [-0.3, -0.25) is 15.0 Å². The molecule has 264 valence electrons. The lowest BCUT2D eigenvalue weighted by Crippen LogP contribution is -2.23. The first-order valence-electron chi connectivity index (χ1n) is 17.7. The highest BCUT2D eigenvalue weighted by Gasteiger charge is 2.35. The first-order chi connectivity index (χ1) is 26.5. The molecule has 1 aliphatic carbocycles. The maximum atomic E-state index is 10.1. The summed E-state index contributed by atoms with van der Waals surface area (Å²) in [6, 6.07) is 34.9. The largest absolute Gasteiger partial charge is 0.364 e. The molecule has 0 radical (unpaired) electrons. The van der Waals surface area contributed by atoms with Gasteiger partial charge >= 0.3 is 0 Å². The molecule has 6 aromatic heterocycles. The number of anilines is 3. The van der Waals surface area contributed by atoms with Crippen LogP contribution in [0.15, 0.2) is 110 Å². The van der Waals surface area contributed by atoms with E-state index in [9.17, 15) is 15.8 Å². The van der Waals surface area contributed by atoms with Crippen molar-refractivity contribution in [3.63, 3.8) is 0 Å². The molecule has 12 nitrogen and oxygen atoms in total. The van der Waals surface area contributed by atoms with Crippen LogP contribution in [0.1, 0.15) is 87.9 Å². The standard InChI is InChI=1S/C42H36N12/c43-22-28-13-37(52-40(16-28)49-25-34-7-1-4-10-46-34)31-19-32(38-14-29(23-44)17-41(53-38)50-26-35-8-2-5-11-47-35)21-33(20-31)39-15-30(24-45)18-42(54-39)51-27-36-9-3-6-12-48-36/h1-18,31-33H,19-21,25-27H2,(H,49,52)(H,50,53)(H,51,54). The molecule has 3 N–H and O–H groups in total. The molecule has 0 atom stereocenters. The zero-order chi connectivity index (χ0) is 37.1. The van der Waals surface area contributed by atoms with E-state index in [-0.39, 0.29) is 17.8 Å². The Kier molecular flexibility index (Phi) is 11.0. The van der Waals surface area contributed by atoms with Gasteiger partial charge in [0.2, 0.25) is 0 Å². The van der Waals surface area contributed by atoms with Gasteiger partial charge in [0.15, 0.2) is 0 Å². The van der Waals surface area contributed by atoms with Crippen LogP contribution in [0.4, 0.5) is 17.5 Å². The van der Waals surface area contributed by atoms with Gasteiger partial charge in [-0.15, -0.1) is 0 Å². The van der Waals surface area contributed by atoms with E-state index in [1.807, 2.05) is 72.8 Å². The molecule has 0 amide bonds. The molecule has 1 aliphatic rings. The topological polar surface area (TPSA) is 185 Å². The van der Waals surface area contributed by atoms with Crippen LogP contribution in [0, 0.1) is 34.0 Å². The number of nitriles is 3. The van der Waals surface area contributed by atoms with E-state index in [2.05, 4.69) is 49.1 Å². The summed E-state index contributed by atoms with van der Waals surface area (Å²) < 4.78 is 0. The Morgan fingerprint density at radius 2 is 0.778 bits per heavy atom. The lowest BCUT2D eigenvalue weighted by Gasteiger charge is -2.35. The van der Waals surface area contributed by atoms with Gasteiger partial charge in [-0.1, -0.05) is 18.2 Å². The lowest BCUT2D eigenvalue weighted by atomic mass is 9.71. The Bertz CT molecular complexity index is 2060. The van der Waals surface area contributed by atoms with Gasteiger partial charge in [0.25, 0.3) is 0 Å². The number of aromatic nitrogens is 6. The van der Waals surface area contributed by atoms with Crippen LogP contribution in [0.5, 0.6) is 0 Å². The molecule has 0 bridgehead atoms. The Morgan fingerprint density at radius 3 is 1.04 bits per heavy atom. The van der Waals surface area contributed by atoms with Gasteiger partial charge in [0, 0.05) is 53.4 Å². The van der Waals surface area contributed by atoms with E-state index < -0.39 is 0 Å². The Morgan fingerprint density at radius 1 is 0.463 bits per heavy atom. The van der Waals surface area contributed by atoms with Crippen molar-refractivity contribution in [2.24, 2.45) is 0 Å². The molecular weight excluding hydrogens is 673 g/mol. The number of rotatable bonds is 12. The van der Waals surface area contributed by atoms with Gasteiger partial charge < -0.3 is 16.0 Å². The predicted molar refractivity (Wildman–Crippen MR) is 204 cm³/mol. The Balaban J connectivity index is 1.23. The molecule has 7 rings (SSSR count). The summed E-state index contributed by atoms with van der Waals surface area (Å²) in [5.41, 5.74) is 6.40. The van der Waals surface area contributed by atoms with Crippen molar-refractivity contribution < 1.29 is 0 Å². The molecule has 12 heteroatoms. The minimum absolute atomic E-state index is 0.0904. The number of hydrogen-bond acceptors (Lipinski definition) is 12. The number of nitrogens with zero attached hydrogens (tertiary/aromatic N) is 9. The Hall–Kier alpha value is -7.23. The summed E-state index contributed by atoms with van der Waals surface area (Å²) in [5.74, 6) is 1.49. The SMILES string of the molecule is N#Cc1cc(NCc2ccccn2)nc(C2CC(c3cc(C#N)cc(NCc4ccccn4)n3)CC(c3cc(C#N)cc(NCc4ccccn4)n3)C2)c1. The normalized spacial score (nSPS) is 16.3. The van der Waals surface area contributed by atoms with Crippen LogP contribution in [0.3, 0.4) is 0 Å². The van der Waals surface area contributed by atoms with Gasteiger partial charge in [-0.2, -0.15) is 15.8 Å². The molecule has 1 fully saturated rings. The lowest BCUT2D eigenvalue weighted by molar-refractivity contribution is 0.339. The smallest absolute Gasteiger partial charge is 0.127 e. The molecule has 1 saturated carbocycles. The van der Waals surface area contributed by atoms with E-state index in [1.165, 1.54) is 0 Å². The number of nitrogens with one attached hydrogen (secondary N) is 3. The van der Waals surface area contributed by atoms with Crippen LogP contribution < -0.4 is 16.0 Å². The van der Waals surface area contributed by atoms with Crippen LogP contribution in [0.25, 0.3) is 0 Å². The zero-order valence-corrected chi connectivity index (χ0v) is 29.4. The van der Waals surface area contributed by atoms with Gasteiger partial charge in [0.1, 0.15) is 17.5 Å². The summed E-state index contributed by atoms with van der Waals surface area (Å²) in [4.78, 5) is 28.3. The number of hydrogen-bond donors (Lipinski definition) is 3. The second kappa shape index (κ2) is 16.9. The minimum atomic E-state index is -0.0904. The summed E-state index contributed by atoms with van der Waals surface area (Å²) in [6.07, 6.45) is 7.28. The fourth-order valence-corrected chi connectivity index (χ4v) is 6.84. The van der Waals surface area contributed by atoms with Crippen LogP contribution in [-0.2, 0) is 19.6 Å². The minimum Gasteiger partial charge on any atom is -0.364 e. The molecule has 0 saturated heterocycles. The summed E-state index contributed by atoms with van der Waals surface area (Å²) in [5, 5.41) is 40.2. The summed E-state index contributed by atoms with van der Waals surface area (Å²) >= 11 is 0. The zero-order valence-electron chi connectivity index (χ0n) is 29.4. The third kappa shape index (κ3) is 8.97. The van der Waals surface area contributed by atoms with Crippen LogP contribution in [-0.4, -0.2) is 29.9 Å². The molecule has 6 heterocycles. The maximum absolute atomic E-state index is 10.1. The third-order valence-corrected chi connectivity index (χ3v) is 9.42. The van der Waals surface area contributed by atoms with Crippen molar-refractivity contribution in [3.8, 4) is 18.2 Å². The fraction of sp³-hybridized carbons (Fsp3) is 0.214. The number of pyridine rings is 6. The second-order valence-electron chi connectivity index (χ2n) is 13.2. The molecular formula is C42H36N12. The third-order valence-electron chi connectivity index (χ3n) is 9.42.